The fraction of sp³-hybridized carbons (Fsp3) is 0.267. The molecule has 0 aromatic heterocycles. The van der Waals surface area contributed by atoms with Gasteiger partial charge >= 0.3 is 0 Å². The van der Waals surface area contributed by atoms with E-state index in [0.29, 0.717) is 12.0 Å². The van der Waals surface area contributed by atoms with Crippen LogP contribution < -0.4 is 5.73 Å². The second kappa shape index (κ2) is 7.51. The first-order valence-corrected chi connectivity index (χ1v) is 6.12. The van der Waals surface area contributed by atoms with Crippen molar-refractivity contribution < 1.29 is 15.0 Å². The maximum absolute atomic E-state index is 11.0. The molecule has 1 unspecified atom stereocenters. The summed E-state index contributed by atoms with van der Waals surface area (Å²) in [6.45, 7) is 1.73. The molecule has 2 aromatic carbocycles. The predicted molar refractivity (Wildman–Crippen MR) is 75.8 cm³/mol. The van der Waals surface area contributed by atoms with Gasteiger partial charge in [0.25, 0.3) is 0 Å². The predicted octanol–water partition coefficient (Wildman–Crippen LogP) is 1.69. The first-order valence-electron chi connectivity index (χ1n) is 6.12. The molecule has 0 spiro atoms. The molecule has 0 bridgehead atoms. The number of nitrogens with two attached hydrogens (primary N) is 1. The van der Waals surface area contributed by atoms with Crippen LogP contribution in [0, 0.1) is 0 Å². The summed E-state index contributed by atoms with van der Waals surface area (Å²) in [4.78, 5) is 11.0. The van der Waals surface area contributed by atoms with Crippen LogP contribution in [0.3, 0.4) is 0 Å². The van der Waals surface area contributed by atoms with Gasteiger partial charge in [-0.05, 0) is 30.2 Å². The van der Waals surface area contributed by atoms with Crippen LogP contribution in [-0.2, 0) is 0 Å². The van der Waals surface area contributed by atoms with Gasteiger partial charge in [0.15, 0.2) is 0 Å². The van der Waals surface area contributed by atoms with E-state index >= 15 is 0 Å². The number of hydrogen-bond donors (Lipinski definition) is 3. The van der Waals surface area contributed by atoms with Gasteiger partial charge in [-0.15, -0.1) is 0 Å². The quantitative estimate of drug-likeness (QED) is 0.786. The van der Waals surface area contributed by atoms with Gasteiger partial charge in [0.05, 0.1) is 6.10 Å². The minimum absolute atomic E-state index is 0.0810. The molecule has 0 radical (unpaired) electrons. The summed E-state index contributed by atoms with van der Waals surface area (Å²) in [7, 11) is 0. The van der Waals surface area contributed by atoms with E-state index in [9.17, 15) is 4.79 Å². The molecule has 1 amide bonds. The Morgan fingerprint density at radius 2 is 1.84 bits per heavy atom. The molecule has 0 heterocycles. The summed E-state index contributed by atoms with van der Waals surface area (Å²) >= 11 is 0. The molecule has 0 aliphatic heterocycles. The zero-order chi connectivity index (χ0) is 14.3. The second-order valence-corrected chi connectivity index (χ2v) is 4.25. The molecule has 4 N–H and O–H groups in total. The average Bonchev–Trinajstić information content (AvgIpc) is 2.38. The van der Waals surface area contributed by atoms with Crippen LogP contribution in [-0.4, -0.2) is 28.8 Å². The third-order valence-corrected chi connectivity index (χ3v) is 2.60. The monoisotopic (exact) mass is 261 g/mol. The molecular formula is C15H19NO3. The topological polar surface area (TPSA) is 83.6 Å². The van der Waals surface area contributed by atoms with Gasteiger partial charge in [0.2, 0.25) is 5.91 Å². The third kappa shape index (κ3) is 4.69. The fourth-order valence-electron chi connectivity index (χ4n) is 1.63. The van der Waals surface area contributed by atoms with E-state index in [0.717, 1.165) is 10.8 Å². The molecule has 2 rings (SSSR count). The zero-order valence-corrected chi connectivity index (χ0v) is 10.9. The lowest BCUT2D eigenvalue weighted by Gasteiger charge is -2.01. The number of benzene rings is 2. The van der Waals surface area contributed by atoms with Gasteiger partial charge < -0.3 is 15.9 Å². The first kappa shape index (κ1) is 15.1. The van der Waals surface area contributed by atoms with Gasteiger partial charge in [-0.3, -0.25) is 4.79 Å². The highest BCUT2D eigenvalue weighted by atomic mass is 16.3. The van der Waals surface area contributed by atoms with Crippen molar-refractivity contribution in [3.63, 3.8) is 0 Å². The molecule has 1 atom stereocenters. The van der Waals surface area contributed by atoms with Gasteiger partial charge in [0.1, 0.15) is 0 Å². The van der Waals surface area contributed by atoms with Crippen molar-refractivity contribution in [3.8, 4) is 0 Å². The molecule has 102 valence electrons. The van der Waals surface area contributed by atoms with Crippen molar-refractivity contribution >= 4 is 16.7 Å². The highest BCUT2D eigenvalue weighted by molar-refractivity contribution is 6.06. The summed E-state index contributed by atoms with van der Waals surface area (Å²) < 4.78 is 0. The molecular weight excluding hydrogens is 242 g/mol. The van der Waals surface area contributed by atoms with Crippen molar-refractivity contribution in [1.29, 1.82) is 0 Å². The summed E-state index contributed by atoms with van der Waals surface area (Å²) in [5, 5.41) is 18.4. The Morgan fingerprint density at radius 1 is 1.21 bits per heavy atom. The van der Waals surface area contributed by atoms with Crippen molar-refractivity contribution in [1.82, 2.24) is 0 Å². The van der Waals surface area contributed by atoms with Crippen LogP contribution in [0.25, 0.3) is 10.8 Å². The average molecular weight is 261 g/mol. The Morgan fingerprint density at radius 3 is 2.37 bits per heavy atom. The number of fused-ring (bicyclic) bond motifs is 1. The standard InChI is InChI=1S/C11H9NO.C4H10O2/c12-11(13)10-7-3-5-8-4-1-2-6-9(8)10;1-4(6)2-3-5/h1-7H,(H2,12,13);4-6H,2-3H2,1H3. The molecule has 0 fully saturated rings. The van der Waals surface area contributed by atoms with Crippen molar-refractivity contribution in [3.05, 3.63) is 48.0 Å². The van der Waals surface area contributed by atoms with E-state index in [4.69, 9.17) is 15.9 Å². The number of aliphatic hydroxyl groups is 2. The lowest BCUT2D eigenvalue weighted by atomic mass is 10.0. The Labute approximate surface area is 112 Å². The molecule has 0 saturated heterocycles. The molecule has 0 aliphatic carbocycles. The normalized spacial score (nSPS) is 11.5. The number of rotatable bonds is 3. The smallest absolute Gasteiger partial charge is 0.249 e. The van der Waals surface area contributed by atoms with Crippen LogP contribution in [0.5, 0.6) is 0 Å². The van der Waals surface area contributed by atoms with Crippen molar-refractivity contribution in [2.75, 3.05) is 6.61 Å². The van der Waals surface area contributed by atoms with Gasteiger partial charge in [0, 0.05) is 12.2 Å². The summed E-state index contributed by atoms with van der Waals surface area (Å²) in [6, 6.07) is 13.2. The Hall–Kier alpha value is -1.91. The fourth-order valence-corrected chi connectivity index (χ4v) is 1.63. The second-order valence-electron chi connectivity index (χ2n) is 4.25. The van der Waals surface area contributed by atoms with Crippen LogP contribution in [0.2, 0.25) is 0 Å². The van der Waals surface area contributed by atoms with E-state index in [-0.39, 0.29) is 18.6 Å². The number of carbonyl (C=O) groups is 1. The molecule has 0 aliphatic rings. The van der Waals surface area contributed by atoms with E-state index < -0.39 is 0 Å². The minimum Gasteiger partial charge on any atom is -0.396 e. The van der Waals surface area contributed by atoms with Crippen molar-refractivity contribution in [2.24, 2.45) is 5.73 Å². The first-order chi connectivity index (χ1) is 9.06. The van der Waals surface area contributed by atoms with E-state index in [1.165, 1.54) is 0 Å². The van der Waals surface area contributed by atoms with Crippen LogP contribution in [0.15, 0.2) is 42.5 Å². The third-order valence-electron chi connectivity index (χ3n) is 2.60. The lowest BCUT2D eigenvalue weighted by molar-refractivity contribution is 0.100. The zero-order valence-electron chi connectivity index (χ0n) is 10.9. The number of aliphatic hydroxyl groups excluding tert-OH is 2. The SMILES string of the molecule is CC(O)CCO.NC(=O)c1cccc2ccccc12. The Balaban J connectivity index is 0.000000258. The molecule has 0 saturated carbocycles. The molecule has 2 aromatic rings. The Bertz CT molecular complexity index is 532. The van der Waals surface area contributed by atoms with Crippen LogP contribution in [0.4, 0.5) is 0 Å². The largest absolute Gasteiger partial charge is 0.396 e. The van der Waals surface area contributed by atoms with Gasteiger partial charge in [-0.1, -0.05) is 36.4 Å². The summed E-state index contributed by atoms with van der Waals surface area (Å²) in [5.41, 5.74) is 5.82. The van der Waals surface area contributed by atoms with Crippen LogP contribution >= 0.6 is 0 Å². The molecule has 19 heavy (non-hydrogen) atoms. The highest BCUT2D eigenvalue weighted by Crippen LogP contribution is 2.17. The summed E-state index contributed by atoms with van der Waals surface area (Å²) in [6.07, 6.45) is 0.134. The molecule has 4 nitrogen and oxygen atoms in total. The maximum Gasteiger partial charge on any atom is 0.249 e. The van der Waals surface area contributed by atoms with Gasteiger partial charge in [-0.25, -0.2) is 0 Å². The highest BCUT2D eigenvalue weighted by Gasteiger charge is 2.03. The minimum atomic E-state index is -0.378. The number of primary amides is 1. The van der Waals surface area contributed by atoms with Crippen molar-refractivity contribution in [2.45, 2.75) is 19.4 Å². The van der Waals surface area contributed by atoms with E-state index in [1.807, 2.05) is 36.4 Å². The van der Waals surface area contributed by atoms with E-state index in [2.05, 4.69) is 0 Å². The lowest BCUT2D eigenvalue weighted by Crippen LogP contribution is -2.11. The van der Waals surface area contributed by atoms with Gasteiger partial charge in [-0.2, -0.15) is 0 Å². The Kier molecular flexibility index (Phi) is 5.99. The maximum atomic E-state index is 11.0. The van der Waals surface area contributed by atoms with Crippen LogP contribution in [0.1, 0.15) is 23.7 Å². The number of carbonyl (C=O) groups excluding carboxylic acids is 1. The number of amides is 1. The van der Waals surface area contributed by atoms with E-state index in [1.54, 1.807) is 13.0 Å². The number of hydrogen-bond acceptors (Lipinski definition) is 3. The summed E-state index contributed by atoms with van der Waals surface area (Å²) in [5.74, 6) is -0.378. The molecule has 4 heteroatoms.